The van der Waals surface area contributed by atoms with Gasteiger partial charge in [0.05, 0.1) is 11.5 Å². The van der Waals surface area contributed by atoms with Gasteiger partial charge in [-0.3, -0.25) is 9.59 Å². The zero-order valence-electron chi connectivity index (χ0n) is 11.3. The normalized spacial score (nSPS) is 30.3. The first-order valence-corrected chi connectivity index (χ1v) is 6.99. The number of phenols is 1. The molecule has 2 fully saturated rings. The van der Waals surface area contributed by atoms with Crippen molar-refractivity contribution in [3.8, 4) is 5.75 Å². The van der Waals surface area contributed by atoms with E-state index in [1.165, 1.54) is 6.07 Å². The summed E-state index contributed by atoms with van der Waals surface area (Å²) in [6.45, 7) is 0. The molecule has 21 heavy (non-hydrogen) atoms. The summed E-state index contributed by atoms with van der Waals surface area (Å²) in [5.41, 5.74) is -0.0386. The van der Waals surface area contributed by atoms with Crippen LogP contribution in [0.1, 0.15) is 29.6 Å². The van der Waals surface area contributed by atoms with Gasteiger partial charge in [-0.05, 0) is 43.2 Å². The average molecular weight is 293 g/mol. The lowest BCUT2D eigenvalue weighted by Crippen LogP contribution is -2.46. The summed E-state index contributed by atoms with van der Waals surface area (Å²) in [7, 11) is 0. The van der Waals surface area contributed by atoms with E-state index in [1.807, 2.05) is 0 Å². The van der Waals surface area contributed by atoms with Gasteiger partial charge in [0.15, 0.2) is 0 Å². The van der Waals surface area contributed by atoms with Crippen molar-refractivity contribution in [1.29, 1.82) is 0 Å². The molecular weight excluding hydrogens is 277 g/mol. The molecule has 3 N–H and O–H groups in total. The largest absolute Gasteiger partial charge is 0.507 e. The van der Waals surface area contributed by atoms with Crippen LogP contribution in [-0.4, -0.2) is 28.1 Å². The van der Waals surface area contributed by atoms with Crippen molar-refractivity contribution in [3.63, 3.8) is 0 Å². The Morgan fingerprint density at radius 2 is 1.95 bits per heavy atom. The predicted octanol–water partition coefficient (Wildman–Crippen LogP) is 1.76. The van der Waals surface area contributed by atoms with Crippen LogP contribution in [0.4, 0.5) is 4.39 Å². The first-order chi connectivity index (χ1) is 9.97. The third kappa shape index (κ3) is 2.34. The van der Waals surface area contributed by atoms with Gasteiger partial charge in [0.1, 0.15) is 11.6 Å². The molecule has 2 saturated carbocycles. The van der Waals surface area contributed by atoms with Gasteiger partial charge in [0.2, 0.25) is 0 Å². The van der Waals surface area contributed by atoms with E-state index < -0.39 is 35.4 Å². The van der Waals surface area contributed by atoms with Crippen LogP contribution < -0.4 is 5.32 Å². The Morgan fingerprint density at radius 1 is 1.24 bits per heavy atom. The van der Waals surface area contributed by atoms with Gasteiger partial charge in [-0.15, -0.1) is 0 Å². The zero-order valence-corrected chi connectivity index (χ0v) is 11.3. The minimum atomic E-state index is -0.893. The zero-order chi connectivity index (χ0) is 15.1. The lowest BCUT2D eigenvalue weighted by atomic mass is 9.84. The van der Waals surface area contributed by atoms with E-state index in [4.69, 9.17) is 0 Å². The summed E-state index contributed by atoms with van der Waals surface area (Å²) >= 11 is 0. The van der Waals surface area contributed by atoms with E-state index in [1.54, 1.807) is 0 Å². The van der Waals surface area contributed by atoms with Crippen LogP contribution in [0.5, 0.6) is 5.75 Å². The minimum Gasteiger partial charge on any atom is -0.507 e. The highest BCUT2D eigenvalue weighted by molar-refractivity contribution is 5.97. The Morgan fingerprint density at radius 3 is 2.62 bits per heavy atom. The van der Waals surface area contributed by atoms with Crippen molar-refractivity contribution in [2.75, 3.05) is 0 Å². The van der Waals surface area contributed by atoms with Crippen LogP contribution in [0.2, 0.25) is 0 Å². The Balaban J connectivity index is 1.79. The van der Waals surface area contributed by atoms with Crippen molar-refractivity contribution in [2.45, 2.75) is 25.3 Å². The SMILES string of the molecule is O=C(NC1C2CCC(C2)C1C(=O)O)c1ccc(F)cc1O. The second-order valence-electron chi connectivity index (χ2n) is 5.86. The van der Waals surface area contributed by atoms with Crippen LogP contribution in [-0.2, 0) is 4.79 Å². The maximum absolute atomic E-state index is 12.9. The molecule has 1 aromatic carbocycles. The Labute approximate surface area is 120 Å². The fourth-order valence-corrected chi connectivity index (χ4v) is 3.78. The summed E-state index contributed by atoms with van der Waals surface area (Å²) < 4.78 is 12.9. The van der Waals surface area contributed by atoms with E-state index in [-0.39, 0.29) is 17.4 Å². The molecule has 0 spiro atoms. The number of carboxylic acids is 1. The van der Waals surface area contributed by atoms with Gasteiger partial charge < -0.3 is 15.5 Å². The summed E-state index contributed by atoms with van der Waals surface area (Å²) in [4.78, 5) is 23.6. The molecule has 2 aliphatic carbocycles. The van der Waals surface area contributed by atoms with E-state index in [0.29, 0.717) is 0 Å². The third-order valence-electron chi connectivity index (χ3n) is 4.70. The quantitative estimate of drug-likeness (QED) is 0.792. The molecule has 5 nitrogen and oxygen atoms in total. The molecule has 6 heteroatoms. The summed E-state index contributed by atoms with van der Waals surface area (Å²) in [5.74, 6) is -2.82. The molecule has 3 rings (SSSR count). The van der Waals surface area contributed by atoms with E-state index in [9.17, 15) is 24.2 Å². The van der Waals surface area contributed by atoms with Crippen molar-refractivity contribution >= 4 is 11.9 Å². The third-order valence-corrected chi connectivity index (χ3v) is 4.70. The number of fused-ring (bicyclic) bond motifs is 2. The van der Waals surface area contributed by atoms with Crippen LogP contribution in [0.3, 0.4) is 0 Å². The molecule has 2 bridgehead atoms. The number of hydrogen-bond acceptors (Lipinski definition) is 3. The fraction of sp³-hybridized carbons (Fsp3) is 0.467. The molecule has 4 atom stereocenters. The average Bonchev–Trinajstić information content (AvgIpc) is 2.98. The minimum absolute atomic E-state index is 0.0386. The second kappa shape index (κ2) is 5.02. The number of amides is 1. The maximum Gasteiger partial charge on any atom is 0.308 e. The molecule has 4 unspecified atom stereocenters. The van der Waals surface area contributed by atoms with Crippen molar-refractivity contribution in [1.82, 2.24) is 5.32 Å². The number of rotatable bonds is 3. The van der Waals surface area contributed by atoms with Gasteiger partial charge in [-0.1, -0.05) is 0 Å². The monoisotopic (exact) mass is 293 g/mol. The van der Waals surface area contributed by atoms with Crippen LogP contribution in [0.15, 0.2) is 18.2 Å². The molecule has 0 heterocycles. The van der Waals surface area contributed by atoms with Gasteiger partial charge in [-0.2, -0.15) is 0 Å². The Kier molecular flexibility index (Phi) is 3.31. The van der Waals surface area contributed by atoms with E-state index in [2.05, 4.69) is 5.32 Å². The number of carbonyl (C=O) groups is 2. The number of hydrogen-bond donors (Lipinski definition) is 3. The number of phenolic OH excluding ortho intramolecular Hbond substituents is 1. The molecule has 0 aliphatic heterocycles. The Bertz CT molecular complexity index is 603. The number of aliphatic carboxylic acids is 1. The molecule has 2 aliphatic rings. The van der Waals surface area contributed by atoms with Crippen molar-refractivity contribution in [2.24, 2.45) is 17.8 Å². The standard InChI is InChI=1S/C15H16FNO4/c16-9-3-4-10(11(18)6-9)14(19)17-13-8-2-1-7(5-8)12(13)15(20)21/h3-4,6-8,12-13,18H,1-2,5H2,(H,17,19)(H,20,21). The summed E-state index contributed by atoms with van der Waals surface area (Å²) in [5, 5.41) is 21.7. The highest BCUT2D eigenvalue weighted by Gasteiger charge is 2.51. The molecule has 1 amide bonds. The number of halogens is 1. The number of nitrogens with one attached hydrogen (secondary N) is 1. The van der Waals surface area contributed by atoms with Crippen molar-refractivity contribution < 1.29 is 24.2 Å². The molecule has 1 aromatic rings. The van der Waals surface area contributed by atoms with Crippen LogP contribution in [0.25, 0.3) is 0 Å². The summed E-state index contributed by atoms with van der Waals surface area (Å²) in [6.07, 6.45) is 2.61. The molecule has 0 saturated heterocycles. The van der Waals surface area contributed by atoms with E-state index >= 15 is 0 Å². The van der Waals surface area contributed by atoms with Gasteiger partial charge >= 0.3 is 5.97 Å². The highest BCUT2D eigenvalue weighted by atomic mass is 19.1. The number of benzene rings is 1. The summed E-state index contributed by atoms with van der Waals surface area (Å²) in [6, 6.07) is 2.73. The van der Waals surface area contributed by atoms with Gasteiger partial charge in [-0.25, -0.2) is 4.39 Å². The first kappa shape index (κ1) is 13.9. The Hall–Kier alpha value is -2.11. The van der Waals surface area contributed by atoms with Gasteiger partial charge in [0.25, 0.3) is 5.91 Å². The fourth-order valence-electron chi connectivity index (χ4n) is 3.78. The van der Waals surface area contributed by atoms with Gasteiger partial charge in [0, 0.05) is 12.1 Å². The molecule has 0 radical (unpaired) electrons. The topological polar surface area (TPSA) is 86.6 Å². The van der Waals surface area contributed by atoms with E-state index in [0.717, 1.165) is 31.4 Å². The first-order valence-electron chi connectivity index (χ1n) is 6.99. The smallest absolute Gasteiger partial charge is 0.308 e. The maximum atomic E-state index is 12.9. The van der Waals surface area contributed by atoms with Crippen molar-refractivity contribution in [3.05, 3.63) is 29.6 Å². The number of carbonyl (C=O) groups excluding carboxylic acids is 1. The lowest BCUT2D eigenvalue weighted by Gasteiger charge is -2.28. The highest BCUT2D eigenvalue weighted by Crippen LogP contribution is 2.48. The van der Waals surface area contributed by atoms with Crippen LogP contribution >= 0.6 is 0 Å². The molecule has 112 valence electrons. The second-order valence-corrected chi connectivity index (χ2v) is 5.86. The molecular formula is C15H16FNO4. The molecule has 0 aromatic heterocycles. The number of carboxylic acid groups (broad SMARTS) is 1. The lowest BCUT2D eigenvalue weighted by molar-refractivity contribution is -0.144. The number of aromatic hydroxyl groups is 1. The van der Waals surface area contributed by atoms with Crippen LogP contribution in [0, 0.1) is 23.6 Å². The predicted molar refractivity (Wildman–Crippen MR) is 71.3 cm³/mol.